The summed E-state index contributed by atoms with van der Waals surface area (Å²) in [6.45, 7) is 23.4. The van der Waals surface area contributed by atoms with Gasteiger partial charge in [0.1, 0.15) is 0 Å². The standard InChI is InChI=1S/C21H25.C10H15.2CH3.CH2.2ClH.Zr/c1-20(2,3)16-9-7-14-11-15-8-10-17(21(4,5)6)13-19(15)18(14)12-16;1-8-5-6-9(7-8)10(2,3)4;;;;;;/h7-13H,1-6H3;6-8H,1-4H3;2*1H3;1H2;2*1H;/q;;;;;;;+2/p-2. The van der Waals surface area contributed by atoms with Crippen molar-refractivity contribution in [2.45, 2.75) is 93.0 Å². The Morgan fingerprint density at radius 1 is 0.676 bits per heavy atom. The number of hydrogen-bond acceptors (Lipinski definition) is 0. The Bertz CT molecular complexity index is 1260. The van der Waals surface area contributed by atoms with E-state index < -0.39 is 18.3 Å². The molecule has 2 aliphatic rings. The third-order valence-corrected chi connectivity index (χ3v) is 20.9. The molecule has 3 heteroatoms. The first-order valence-corrected chi connectivity index (χ1v) is 22.8. The van der Waals surface area contributed by atoms with Crippen molar-refractivity contribution in [2.75, 3.05) is 0 Å². The second-order valence-electron chi connectivity index (χ2n) is 15.6. The molecule has 2 aromatic rings. The van der Waals surface area contributed by atoms with E-state index in [-0.39, 0.29) is 41.1 Å². The zero-order valence-corrected chi connectivity index (χ0v) is 29.2. The summed E-state index contributed by atoms with van der Waals surface area (Å²) in [5.74, 6) is 0.470. The van der Waals surface area contributed by atoms with Crippen molar-refractivity contribution in [3.05, 3.63) is 79.7 Å². The minimum Gasteiger partial charge on any atom is -1.00 e. The maximum Gasteiger partial charge on any atom is -1.00 e. The summed E-state index contributed by atoms with van der Waals surface area (Å²) in [6, 6.07) is 14.7. The molecule has 0 aliphatic heterocycles. The molecule has 2 aliphatic carbocycles. The van der Waals surface area contributed by atoms with E-state index in [4.69, 9.17) is 4.21 Å². The number of allylic oxidation sites excluding steroid dienone is 4. The Morgan fingerprint density at radius 2 is 1.08 bits per heavy atom. The van der Waals surface area contributed by atoms with Crippen molar-refractivity contribution in [1.29, 1.82) is 0 Å². The maximum atomic E-state index is 5.28. The summed E-state index contributed by atoms with van der Waals surface area (Å²) in [4.78, 5) is 0. The smallest absolute Gasteiger partial charge is 1.00 e. The first kappa shape index (κ1) is 32.5. The molecule has 1 atom stereocenters. The predicted molar refractivity (Wildman–Crippen MR) is 155 cm³/mol. The van der Waals surface area contributed by atoms with Crippen LogP contribution in [0.1, 0.15) is 95.1 Å². The second-order valence-corrected chi connectivity index (χ2v) is 32.3. The van der Waals surface area contributed by atoms with Gasteiger partial charge in [-0.15, -0.1) is 0 Å². The molecular formula is C34H48Cl2Zr. The van der Waals surface area contributed by atoms with Gasteiger partial charge in [0.2, 0.25) is 0 Å². The molecule has 2 aromatic carbocycles. The fourth-order valence-electron chi connectivity index (χ4n) is 6.50. The van der Waals surface area contributed by atoms with E-state index in [1.807, 2.05) is 0 Å². The summed E-state index contributed by atoms with van der Waals surface area (Å²) in [5, 5.41) is 0. The molecule has 0 nitrogen and oxygen atoms in total. The number of rotatable bonds is 2. The van der Waals surface area contributed by atoms with Crippen LogP contribution in [0.5, 0.6) is 0 Å². The molecule has 0 amide bonds. The summed E-state index contributed by atoms with van der Waals surface area (Å²) in [5.41, 5.74) is 10.7. The van der Waals surface area contributed by atoms with E-state index >= 15 is 0 Å². The van der Waals surface area contributed by atoms with Crippen LogP contribution in [0, 0.1) is 11.3 Å². The fraction of sp³-hybridized carbons (Fsp3) is 0.500. The van der Waals surface area contributed by atoms with Gasteiger partial charge in [0, 0.05) is 0 Å². The molecule has 0 spiro atoms. The topological polar surface area (TPSA) is 0 Å². The molecule has 1 unspecified atom stereocenters. The van der Waals surface area contributed by atoms with E-state index in [1.54, 1.807) is 3.28 Å². The monoisotopic (exact) mass is 616 g/mol. The summed E-state index contributed by atoms with van der Waals surface area (Å²) >= 11 is -3.74. The number of benzene rings is 2. The third kappa shape index (κ3) is 5.62. The fourth-order valence-corrected chi connectivity index (χ4v) is 18.9. The summed E-state index contributed by atoms with van der Waals surface area (Å²) in [7, 11) is 0. The molecule has 37 heavy (non-hydrogen) atoms. The van der Waals surface area contributed by atoms with Crippen LogP contribution in [0.15, 0.2) is 57.4 Å². The molecule has 0 fully saturated rings. The zero-order valence-electron chi connectivity index (χ0n) is 25.2. The molecule has 0 saturated carbocycles. The Labute approximate surface area is 240 Å². The Hall–Kier alpha value is -0.747. The van der Waals surface area contributed by atoms with Crippen LogP contribution in [0.4, 0.5) is 0 Å². The Kier molecular flexibility index (Phi) is 8.52. The zero-order chi connectivity index (χ0) is 26.4. The van der Waals surface area contributed by atoms with Crippen molar-refractivity contribution < 1.29 is 43.1 Å². The van der Waals surface area contributed by atoms with Crippen LogP contribution < -0.4 is 24.8 Å². The van der Waals surface area contributed by atoms with Gasteiger partial charge in [0.25, 0.3) is 0 Å². The van der Waals surface area contributed by atoms with Gasteiger partial charge in [-0.3, -0.25) is 0 Å². The normalized spacial score (nSPS) is 17.7. The second kappa shape index (κ2) is 9.71. The van der Waals surface area contributed by atoms with E-state index in [0.717, 1.165) is 0 Å². The maximum absolute atomic E-state index is 5.28. The van der Waals surface area contributed by atoms with Gasteiger partial charge in [0.15, 0.2) is 0 Å². The van der Waals surface area contributed by atoms with Crippen LogP contribution >= 0.6 is 0 Å². The molecule has 0 bridgehead atoms. The summed E-state index contributed by atoms with van der Waals surface area (Å²) < 4.78 is 12.5. The van der Waals surface area contributed by atoms with Gasteiger partial charge >= 0.3 is 218 Å². The first-order valence-electron chi connectivity index (χ1n) is 13.5. The Morgan fingerprint density at radius 3 is 1.41 bits per heavy atom. The number of fused-ring (bicyclic) bond motifs is 3. The van der Waals surface area contributed by atoms with Crippen LogP contribution in [0.25, 0.3) is 11.1 Å². The van der Waals surface area contributed by atoms with Crippen molar-refractivity contribution in [2.24, 2.45) is 11.3 Å². The van der Waals surface area contributed by atoms with Crippen molar-refractivity contribution in [3.63, 3.8) is 0 Å². The van der Waals surface area contributed by atoms with Crippen LogP contribution in [0.3, 0.4) is 0 Å². The van der Waals surface area contributed by atoms with Crippen LogP contribution in [0.2, 0.25) is 9.26 Å². The minimum absolute atomic E-state index is 0. The molecule has 0 aromatic heterocycles. The SMILES string of the molecule is [CH2]=[Zr+2]([CH3])([CH3])([C]1=CC(C(C)(C)C)=CC1C)[CH]1c2ccc(C(C)(C)C)cc2-c2cc(C(C)(C)C)ccc21.[Cl-].[Cl-]. The average molecular weight is 619 g/mol. The van der Waals surface area contributed by atoms with Gasteiger partial charge in [-0.2, -0.15) is 0 Å². The molecule has 0 N–H and O–H groups in total. The minimum atomic E-state index is -3.74. The average Bonchev–Trinajstić information content (AvgIpc) is 3.24. The molecule has 202 valence electrons. The largest absolute Gasteiger partial charge is 1.00 e. The quantitative estimate of drug-likeness (QED) is 0.476. The van der Waals surface area contributed by atoms with Gasteiger partial charge in [0.05, 0.1) is 0 Å². The van der Waals surface area contributed by atoms with E-state index in [1.165, 1.54) is 39.0 Å². The van der Waals surface area contributed by atoms with Gasteiger partial charge < -0.3 is 24.8 Å². The van der Waals surface area contributed by atoms with Gasteiger partial charge in [-0.25, -0.2) is 0 Å². The van der Waals surface area contributed by atoms with Crippen molar-refractivity contribution in [1.82, 2.24) is 0 Å². The molecule has 0 radical (unpaired) electrons. The van der Waals surface area contributed by atoms with Crippen molar-refractivity contribution >= 4 is 4.21 Å². The van der Waals surface area contributed by atoms with Crippen LogP contribution in [-0.2, 0) is 29.1 Å². The summed E-state index contributed by atoms with van der Waals surface area (Å²) in [6.07, 6.45) is 5.08. The molecule has 0 heterocycles. The van der Waals surface area contributed by atoms with Gasteiger partial charge in [-0.1, -0.05) is 0 Å². The van der Waals surface area contributed by atoms with E-state index in [9.17, 15) is 0 Å². The predicted octanol–water partition coefficient (Wildman–Crippen LogP) is 4.08. The van der Waals surface area contributed by atoms with Crippen molar-refractivity contribution in [3.8, 4) is 11.1 Å². The third-order valence-electron chi connectivity index (χ3n) is 8.72. The van der Waals surface area contributed by atoms with E-state index in [2.05, 4.69) is 127 Å². The number of halogens is 2. The van der Waals surface area contributed by atoms with Gasteiger partial charge in [-0.05, 0) is 0 Å². The molecule has 4 rings (SSSR count). The molecule has 0 saturated heterocycles. The van der Waals surface area contributed by atoms with Crippen LogP contribution in [-0.4, -0.2) is 4.21 Å². The Balaban J connectivity index is 0.00000241. The molecular weight excluding hydrogens is 571 g/mol. The van der Waals surface area contributed by atoms with E-state index in [0.29, 0.717) is 9.54 Å². The first-order chi connectivity index (χ1) is 15.7. The number of hydrogen-bond donors (Lipinski definition) is 0.